The topological polar surface area (TPSA) is 47.0 Å². The molecule has 4 nitrogen and oxygen atoms in total. The summed E-state index contributed by atoms with van der Waals surface area (Å²) in [6.45, 7) is 4.96. The van der Waals surface area contributed by atoms with Crippen molar-refractivity contribution in [3.63, 3.8) is 0 Å². The summed E-state index contributed by atoms with van der Waals surface area (Å²) < 4.78 is 5.66. The predicted molar refractivity (Wildman–Crippen MR) is 66.6 cm³/mol. The fraction of sp³-hybridized carbons (Fsp3) is 0.538. The Morgan fingerprint density at radius 2 is 2.41 bits per heavy atom. The quantitative estimate of drug-likeness (QED) is 0.789. The van der Waals surface area contributed by atoms with Crippen molar-refractivity contribution in [2.45, 2.75) is 38.3 Å². The first-order chi connectivity index (χ1) is 8.09. The minimum atomic E-state index is -0.0837. The summed E-state index contributed by atoms with van der Waals surface area (Å²) in [4.78, 5) is 8.40. The van der Waals surface area contributed by atoms with Gasteiger partial charge in [0.05, 0.1) is 5.60 Å². The van der Waals surface area contributed by atoms with Gasteiger partial charge in [0.2, 0.25) is 5.95 Å². The molecule has 1 aromatic heterocycles. The van der Waals surface area contributed by atoms with Gasteiger partial charge in [-0.15, -0.1) is 6.42 Å². The second kappa shape index (κ2) is 4.72. The molecule has 17 heavy (non-hydrogen) atoms. The van der Waals surface area contributed by atoms with Crippen LogP contribution in [0.2, 0.25) is 0 Å². The third kappa shape index (κ3) is 3.18. The molecule has 0 spiro atoms. The molecule has 2 heterocycles. The Kier molecular flexibility index (Phi) is 3.30. The van der Waals surface area contributed by atoms with Crippen LogP contribution in [0.3, 0.4) is 0 Å². The highest BCUT2D eigenvalue weighted by Gasteiger charge is 2.29. The van der Waals surface area contributed by atoms with E-state index in [1.807, 2.05) is 0 Å². The Bertz CT molecular complexity index is 437. The Morgan fingerprint density at radius 3 is 3.12 bits per heavy atom. The zero-order chi connectivity index (χ0) is 12.3. The van der Waals surface area contributed by atoms with E-state index in [4.69, 9.17) is 11.2 Å². The van der Waals surface area contributed by atoms with E-state index in [9.17, 15) is 0 Å². The average Bonchev–Trinajstić information content (AvgIpc) is 2.28. The maximum absolute atomic E-state index is 5.66. The Hall–Kier alpha value is -1.60. The zero-order valence-corrected chi connectivity index (χ0v) is 10.2. The van der Waals surface area contributed by atoms with Gasteiger partial charge in [-0.1, -0.05) is 5.92 Å². The number of terminal acetylenes is 1. The number of nitrogens with zero attached hydrogens (tertiary/aromatic N) is 2. The Balaban J connectivity index is 2.03. The summed E-state index contributed by atoms with van der Waals surface area (Å²) in [5.41, 5.74) is 0.522. The molecule has 0 aromatic carbocycles. The molecule has 1 fully saturated rings. The van der Waals surface area contributed by atoms with Crippen LogP contribution in [0.25, 0.3) is 0 Å². The molecule has 1 aliphatic heterocycles. The normalized spacial score (nSPS) is 22.8. The van der Waals surface area contributed by atoms with E-state index in [0.717, 1.165) is 19.4 Å². The molecule has 1 unspecified atom stereocenters. The van der Waals surface area contributed by atoms with Crippen LogP contribution in [0.5, 0.6) is 0 Å². The molecule has 1 saturated heterocycles. The average molecular weight is 231 g/mol. The second-order valence-electron chi connectivity index (χ2n) is 4.85. The van der Waals surface area contributed by atoms with Crippen molar-refractivity contribution in [3.05, 3.63) is 18.0 Å². The van der Waals surface area contributed by atoms with Crippen molar-refractivity contribution in [2.75, 3.05) is 11.9 Å². The SMILES string of the molecule is C#Cc1ccnc(NC2CCOC(C)(C)C2)n1. The largest absolute Gasteiger partial charge is 0.375 e. The number of anilines is 1. The van der Waals surface area contributed by atoms with Crippen LogP contribution in [0.15, 0.2) is 12.3 Å². The van der Waals surface area contributed by atoms with Crippen molar-refractivity contribution < 1.29 is 4.74 Å². The fourth-order valence-electron chi connectivity index (χ4n) is 2.05. The molecule has 1 N–H and O–H groups in total. The summed E-state index contributed by atoms with van der Waals surface area (Å²) >= 11 is 0. The molecule has 90 valence electrons. The lowest BCUT2D eigenvalue weighted by Crippen LogP contribution is -2.40. The molecular formula is C13H17N3O. The van der Waals surface area contributed by atoms with Crippen LogP contribution >= 0.6 is 0 Å². The van der Waals surface area contributed by atoms with E-state index in [0.29, 0.717) is 17.7 Å². The third-order valence-electron chi connectivity index (χ3n) is 2.83. The fourth-order valence-corrected chi connectivity index (χ4v) is 2.05. The first-order valence-corrected chi connectivity index (χ1v) is 5.79. The van der Waals surface area contributed by atoms with E-state index in [-0.39, 0.29) is 5.60 Å². The number of nitrogens with one attached hydrogen (secondary N) is 1. The lowest BCUT2D eigenvalue weighted by atomic mass is 9.94. The lowest BCUT2D eigenvalue weighted by Gasteiger charge is -2.35. The Morgan fingerprint density at radius 1 is 1.59 bits per heavy atom. The molecule has 1 atom stereocenters. The lowest BCUT2D eigenvalue weighted by molar-refractivity contribution is -0.0553. The highest BCUT2D eigenvalue weighted by Crippen LogP contribution is 2.25. The third-order valence-corrected chi connectivity index (χ3v) is 2.83. The molecule has 0 amide bonds. The molecule has 0 radical (unpaired) electrons. The van der Waals surface area contributed by atoms with Crippen molar-refractivity contribution in [1.29, 1.82) is 0 Å². The van der Waals surface area contributed by atoms with Crippen LogP contribution < -0.4 is 5.32 Å². The van der Waals surface area contributed by atoms with Gasteiger partial charge in [-0.2, -0.15) is 0 Å². The molecule has 0 saturated carbocycles. The maximum Gasteiger partial charge on any atom is 0.224 e. The zero-order valence-electron chi connectivity index (χ0n) is 10.2. The molecule has 1 aromatic rings. The number of aromatic nitrogens is 2. The van der Waals surface area contributed by atoms with Crippen molar-refractivity contribution in [3.8, 4) is 12.3 Å². The molecular weight excluding hydrogens is 214 g/mol. The number of hydrogen-bond acceptors (Lipinski definition) is 4. The Labute approximate surface area is 102 Å². The van der Waals surface area contributed by atoms with Crippen LogP contribution in [-0.2, 0) is 4.74 Å². The predicted octanol–water partition coefficient (Wildman–Crippen LogP) is 1.83. The van der Waals surface area contributed by atoms with Gasteiger partial charge in [0.25, 0.3) is 0 Å². The van der Waals surface area contributed by atoms with Gasteiger partial charge in [0.1, 0.15) is 5.69 Å². The van der Waals surface area contributed by atoms with E-state index in [1.54, 1.807) is 12.3 Å². The van der Waals surface area contributed by atoms with Gasteiger partial charge < -0.3 is 10.1 Å². The summed E-state index contributed by atoms with van der Waals surface area (Å²) in [7, 11) is 0. The minimum absolute atomic E-state index is 0.0837. The van der Waals surface area contributed by atoms with Gasteiger partial charge in [-0.3, -0.25) is 0 Å². The van der Waals surface area contributed by atoms with Crippen LogP contribution in [-0.4, -0.2) is 28.2 Å². The first kappa shape index (κ1) is 11.9. The van der Waals surface area contributed by atoms with Crippen LogP contribution in [0.1, 0.15) is 32.4 Å². The van der Waals surface area contributed by atoms with E-state index >= 15 is 0 Å². The van der Waals surface area contributed by atoms with Gasteiger partial charge in [0.15, 0.2) is 0 Å². The summed E-state index contributed by atoms with van der Waals surface area (Å²) in [6.07, 6.45) is 8.89. The molecule has 0 aliphatic carbocycles. The summed E-state index contributed by atoms with van der Waals surface area (Å²) in [5, 5.41) is 3.31. The smallest absolute Gasteiger partial charge is 0.224 e. The van der Waals surface area contributed by atoms with Crippen LogP contribution in [0, 0.1) is 12.3 Å². The standard InChI is InChI=1S/C13H17N3O/c1-4-10-5-7-14-12(15-10)16-11-6-8-17-13(2,3)9-11/h1,5,7,11H,6,8-9H2,2-3H3,(H,14,15,16). The van der Waals surface area contributed by atoms with E-state index in [1.165, 1.54) is 0 Å². The minimum Gasteiger partial charge on any atom is -0.375 e. The highest BCUT2D eigenvalue weighted by molar-refractivity contribution is 5.32. The van der Waals surface area contributed by atoms with Gasteiger partial charge in [0, 0.05) is 18.8 Å². The summed E-state index contributed by atoms with van der Waals surface area (Å²) in [6, 6.07) is 2.06. The number of ether oxygens (including phenoxy) is 1. The maximum atomic E-state index is 5.66. The molecule has 2 rings (SSSR count). The number of hydrogen-bond donors (Lipinski definition) is 1. The van der Waals surface area contributed by atoms with Gasteiger partial charge in [-0.25, -0.2) is 9.97 Å². The second-order valence-corrected chi connectivity index (χ2v) is 4.85. The van der Waals surface area contributed by atoms with Gasteiger partial charge in [-0.05, 0) is 32.8 Å². The van der Waals surface area contributed by atoms with Crippen molar-refractivity contribution in [2.24, 2.45) is 0 Å². The monoisotopic (exact) mass is 231 g/mol. The molecule has 1 aliphatic rings. The van der Waals surface area contributed by atoms with Crippen molar-refractivity contribution >= 4 is 5.95 Å². The summed E-state index contributed by atoms with van der Waals surface area (Å²) in [5.74, 6) is 3.11. The highest BCUT2D eigenvalue weighted by atomic mass is 16.5. The van der Waals surface area contributed by atoms with Crippen molar-refractivity contribution in [1.82, 2.24) is 9.97 Å². The number of rotatable bonds is 2. The molecule has 4 heteroatoms. The molecule has 0 bridgehead atoms. The van der Waals surface area contributed by atoms with E-state index in [2.05, 4.69) is 35.1 Å². The van der Waals surface area contributed by atoms with E-state index < -0.39 is 0 Å². The first-order valence-electron chi connectivity index (χ1n) is 5.79. The van der Waals surface area contributed by atoms with Gasteiger partial charge >= 0.3 is 0 Å². The van der Waals surface area contributed by atoms with Crippen LogP contribution in [0.4, 0.5) is 5.95 Å².